The number of benzene rings is 4. The lowest BCUT2D eigenvalue weighted by molar-refractivity contribution is -0.117. The number of ether oxygens (including phenoxy) is 1. The highest BCUT2D eigenvalue weighted by Crippen LogP contribution is 2.23. The Labute approximate surface area is 224 Å². The lowest BCUT2D eigenvalue weighted by Crippen LogP contribution is -2.45. The van der Waals surface area contributed by atoms with Crippen molar-refractivity contribution >= 4 is 21.6 Å². The Hall–Kier alpha value is -3.94. The van der Waals surface area contributed by atoms with Crippen LogP contribution in [0, 0.1) is 20.8 Å². The number of carbonyl (C=O) groups excluding carboxylic acids is 1. The van der Waals surface area contributed by atoms with E-state index < -0.39 is 22.0 Å². The fourth-order valence-electron chi connectivity index (χ4n) is 4.48. The van der Waals surface area contributed by atoms with Crippen molar-refractivity contribution in [2.24, 2.45) is 0 Å². The fourth-order valence-corrected chi connectivity index (χ4v) is 6.13. The molecular weight excluding hydrogens is 496 g/mol. The van der Waals surface area contributed by atoms with E-state index in [1.54, 1.807) is 38.1 Å². The minimum atomic E-state index is -3.97. The van der Waals surface area contributed by atoms with E-state index in [2.05, 4.69) is 10.0 Å². The number of amides is 1. The molecule has 1 amide bonds. The van der Waals surface area contributed by atoms with E-state index in [4.69, 9.17) is 4.74 Å². The molecule has 4 rings (SSSR count). The molecule has 2 N–H and O–H groups in total. The first-order valence-electron chi connectivity index (χ1n) is 12.4. The van der Waals surface area contributed by atoms with Crippen LogP contribution in [0.5, 0.6) is 5.75 Å². The molecule has 6 nitrogen and oxygen atoms in total. The number of hydrogen-bond acceptors (Lipinski definition) is 4. The fraction of sp³-hybridized carbons (Fsp3) is 0.194. The van der Waals surface area contributed by atoms with Crippen molar-refractivity contribution in [1.82, 2.24) is 4.72 Å². The second kappa shape index (κ2) is 12.1. The Balaban J connectivity index is 1.51. The highest BCUT2D eigenvalue weighted by atomic mass is 32.2. The summed E-state index contributed by atoms with van der Waals surface area (Å²) in [6.07, 6.45) is 0.203. The summed E-state index contributed by atoms with van der Waals surface area (Å²) < 4.78 is 35.4. The quantitative estimate of drug-likeness (QED) is 0.276. The number of hydrogen-bond donors (Lipinski definition) is 2. The molecule has 0 bridgehead atoms. The zero-order chi connectivity index (χ0) is 27.1. The number of carbonyl (C=O) groups is 1. The molecule has 0 aliphatic heterocycles. The van der Waals surface area contributed by atoms with E-state index in [1.807, 2.05) is 79.7 Å². The molecule has 0 aliphatic rings. The molecule has 1 unspecified atom stereocenters. The van der Waals surface area contributed by atoms with Gasteiger partial charge in [-0.2, -0.15) is 4.72 Å². The van der Waals surface area contributed by atoms with Gasteiger partial charge in [0, 0.05) is 5.69 Å². The molecule has 196 valence electrons. The molecule has 0 heterocycles. The van der Waals surface area contributed by atoms with Crippen molar-refractivity contribution in [2.45, 2.75) is 44.7 Å². The Bertz CT molecular complexity index is 1460. The first kappa shape index (κ1) is 27.1. The van der Waals surface area contributed by atoms with Gasteiger partial charge in [-0.05, 0) is 73.7 Å². The predicted octanol–water partition coefficient (Wildman–Crippen LogP) is 5.72. The van der Waals surface area contributed by atoms with Gasteiger partial charge < -0.3 is 10.1 Å². The first-order chi connectivity index (χ1) is 18.2. The van der Waals surface area contributed by atoms with Crippen LogP contribution >= 0.6 is 0 Å². The maximum atomic E-state index is 13.5. The number of aryl methyl sites for hydroxylation is 3. The Morgan fingerprint density at radius 3 is 1.92 bits per heavy atom. The van der Waals surface area contributed by atoms with Crippen molar-refractivity contribution in [1.29, 1.82) is 0 Å². The molecule has 1 atom stereocenters. The normalized spacial score (nSPS) is 12.1. The molecule has 7 heteroatoms. The van der Waals surface area contributed by atoms with E-state index in [0.717, 1.165) is 16.7 Å². The Morgan fingerprint density at radius 2 is 1.34 bits per heavy atom. The van der Waals surface area contributed by atoms with Crippen LogP contribution in [-0.2, 0) is 27.8 Å². The third kappa shape index (κ3) is 7.09. The molecule has 0 saturated heterocycles. The highest BCUT2D eigenvalue weighted by molar-refractivity contribution is 7.89. The number of anilines is 1. The summed E-state index contributed by atoms with van der Waals surface area (Å²) in [6, 6.07) is 28.8. The third-order valence-corrected chi connectivity index (χ3v) is 7.92. The van der Waals surface area contributed by atoms with Gasteiger partial charge in [-0.25, -0.2) is 8.42 Å². The van der Waals surface area contributed by atoms with E-state index in [1.165, 1.54) is 0 Å². The zero-order valence-electron chi connectivity index (χ0n) is 21.8. The van der Waals surface area contributed by atoms with Gasteiger partial charge in [-0.3, -0.25) is 4.79 Å². The van der Waals surface area contributed by atoms with Gasteiger partial charge in [0.25, 0.3) is 0 Å². The van der Waals surface area contributed by atoms with Crippen LogP contribution in [0.25, 0.3) is 0 Å². The van der Waals surface area contributed by atoms with Crippen LogP contribution in [-0.4, -0.2) is 20.4 Å². The summed E-state index contributed by atoms with van der Waals surface area (Å²) in [5, 5.41) is 2.85. The van der Waals surface area contributed by atoms with Gasteiger partial charge >= 0.3 is 0 Å². The number of sulfonamides is 1. The molecule has 0 fully saturated rings. The summed E-state index contributed by atoms with van der Waals surface area (Å²) in [4.78, 5) is 13.6. The predicted molar refractivity (Wildman–Crippen MR) is 151 cm³/mol. The lowest BCUT2D eigenvalue weighted by atomic mass is 10.1. The summed E-state index contributed by atoms with van der Waals surface area (Å²) in [6.45, 7) is 5.89. The van der Waals surface area contributed by atoms with E-state index in [0.29, 0.717) is 29.2 Å². The van der Waals surface area contributed by atoms with Crippen molar-refractivity contribution < 1.29 is 17.9 Å². The van der Waals surface area contributed by atoms with E-state index in [-0.39, 0.29) is 11.3 Å². The average Bonchev–Trinajstić information content (AvgIpc) is 2.88. The molecular formula is C31H32N2O4S. The molecule has 0 saturated carbocycles. The minimum Gasteiger partial charge on any atom is -0.489 e. The van der Waals surface area contributed by atoms with Crippen LogP contribution < -0.4 is 14.8 Å². The maximum Gasteiger partial charge on any atom is 0.242 e. The highest BCUT2D eigenvalue weighted by Gasteiger charge is 2.28. The minimum absolute atomic E-state index is 0.203. The molecule has 38 heavy (non-hydrogen) atoms. The van der Waals surface area contributed by atoms with Crippen LogP contribution in [0.4, 0.5) is 5.69 Å². The van der Waals surface area contributed by atoms with Gasteiger partial charge in [-0.1, -0.05) is 78.4 Å². The molecule has 0 radical (unpaired) electrons. The standard InChI is InChI=1S/C31H32N2O4S/c1-22-18-23(2)30(24(3)19-22)38(35,36)33-29(20-25-10-6-4-7-11-25)31(34)32-27-14-16-28(17-15-27)37-21-26-12-8-5-9-13-26/h4-19,29,33H,20-21H2,1-3H3,(H,32,34). The van der Waals surface area contributed by atoms with Crippen LogP contribution in [0.3, 0.4) is 0 Å². The smallest absolute Gasteiger partial charge is 0.242 e. The lowest BCUT2D eigenvalue weighted by Gasteiger charge is -2.21. The van der Waals surface area contributed by atoms with E-state index in [9.17, 15) is 13.2 Å². The largest absolute Gasteiger partial charge is 0.489 e. The van der Waals surface area contributed by atoms with Crippen molar-refractivity contribution in [3.05, 3.63) is 125 Å². The summed E-state index contributed by atoms with van der Waals surface area (Å²) in [7, 11) is -3.97. The van der Waals surface area contributed by atoms with Crippen LogP contribution in [0.2, 0.25) is 0 Å². The first-order valence-corrected chi connectivity index (χ1v) is 13.9. The molecule has 4 aromatic rings. The zero-order valence-corrected chi connectivity index (χ0v) is 22.6. The van der Waals surface area contributed by atoms with Crippen molar-refractivity contribution in [3.63, 3.8) is 0 Å². The molecule has 0 spiro atoms. The van der Waals surface area contributed by atoms with Gasteiger partial charge in [0.2, 0.25) is 15.9 Å². The Kier molecular flexibility index (Phi) is 8.61. The molecule has 0 aromatic heterocycles. The summed E-state index contributed by atoms with van der Waals surface area (Å²) in [5.74, 6) is 0.219. The van der Waals surface area contributed by atoms with Gasteiger partial charge in [0.1, 0.15) is 18.4 Å². The van der Waals surface area contributed by atoms with Crippen LogP contribution in [0.1, 0.15) is 27.8 Å². The monoisotopic (exact) mass is 528 g/mol. The Morgan fingerprint density at radius 1 is 0.789 bits per heavy atom. The topological polar surface area (TPSA) is 84.5 Å². The second-order valence-corrected chi connectivity index (χ2v) is 11.0. The number of rotatable bonds is 10. The second-order valence-electron chi connectivity index (χ2n) is 9.38. The molecule has 0 aliphatic carbocycles. The van der Waals surface area contributed by atoms with Crippen molar-refractivity contribution in [3.8, 4) is 5.75 Å². The van der Waals surface area contributed by atoms with Gasteiger partial charge in [0.05, 0.1) is 4.90 Å². The maximum absolute atomic E-state index is 13.5. The average molecular weight is 529 g/mol. The van der Waals surface area contributed by atoms with Gasteiger partial charge in [0.15, 0.2) is 0 Å². The van der Waals surface area contributed by atoms with E-state index >= 15 is 0 Å². The van der Waals surface area contributed by atoms with Crippen molar-refractivity contribution in [2.75, 3.05) is 5.32 Å². The van der Waals surface area contributed by atoms with Gasteiger partial charge in [-0.15, -0.1) is 0 Å². The number of nitrogens with one attached hydrogen (secondary N) is 2. The summed E-state index contributed by atoms with van der Waals surface area (Å²) in [5.41, 5.74) is 4.70. The summed E-state index contributed by atoms with van der Waals surface area (Å²) >= 11 is 0. The SMILES string of the molecule is Cc1cc(C)c(S(=O)(=O)NC(Cc2ccccc2)C(=O)Nc2ccc(OCc3ccccc3)cc2)c(C)c1. The van der Waals surface area contributed by atoms with Crippen LogP contribution in [0.15, 0.2) is 102 Å². The third-order valence-electron chi connectivity index (χ3n) is 6.14. The molecule has 4 aromatic carbocycles.